The highest BCUT2D eigenvalue weighted by atomic mass is 15.1. The van der Waals surface area contributed by atoms with E-state index in [4.69, 9.17) is 0 Å². The lowest BCUT2D eigenvalue weighted by Crippen LogP contribution is -2.47. The Kier molecular flexibility index (Phi) is 7.97. The van der Waals surface area contributed by atoms with Crippen molar-refractivity contribution in [3.05, 3.63) is 0 Å². The van der Waals surface area contributed by atoms with Gasteiger partial charge in [0, 0.05) is 12.6 Å². The van der Waals surface area contributed by atoms with Crippen LogP contribution in [0.15, 0.2) is 0 Å². The molecule has 1 N–H and O–H groups in total. The van der Waals surface area contributed by atoms with Crippen LogP contribution in [-0.4, -0.2) is 37.1 Å². The van der Waals surface area contributed by atoms with Crippen LogP contribution in [0.4, 0.5) is 0 Å². The fourth-order valence-electron chi connectivity index (χ4n) is 4.02. The lowest BCUT2D eigenvalue weighted by molar-refractivity contribution is 0.173. The van der Waals surface area contributed by atoms with Gasteiger partial charge in [-0.1, -0.05) is 45.4 Å². The van der Waals surface area contributed by atoms with Gasteiger partial charge >= 0.3 is 0 Å². The molecule has 0 spiro atoms. The first kappa shape index (κ1) is 16.3. The van der Waals surface area contributed by atoms with E-state index in [9.17, 15) is 0 Å². The SMILES string of the molecule is CCCNC(CN1CCCCCCC1)C1CCCCC1. The predicted molar refractivity (Wildman–Crippen MR) is 88.2 cm³/mol. The van der Waals surface area contributed by atoms with Crippen molar-refractivity contribution in [1.82, 2.24) is 10.2 Å². The third-order valence-corrected chi connectivity index (χ3v) is 5.28. The second-order valence-electron chi connectivity index (χ2n) is 7.03. The van der Waals surface area contributed by atoms with E-state index in [1.165, 1.54) is 96.8 Å². The van der Waals surface area contributed by atoms with Gasteiger partial charge in [-0.2, -0.15) is 0 Å². The van der Waals surface area contributed by atoms with Crippen molar-refractivity contribution in [1.29, 1.82) is 0 Å². The number of nitrogens with one attached hydrogen (secondary N) is 1. The third kappa shape index (κ3) is 5.73. The monoisotopic (exact) mass is 280 g/mol. The van der Waals surface area contributed by atoms with E-state index in [-0.39, 0.29) is 0 Å². The summed E-state index contributed by atoms with van der Waals surface area (Å²) in [4.78, 5) is 2.76. The third-order valence-electron chi connectivity index (χ3n) is 5.28. The summed E-state index contributed by atoms with van der Waals surface area (Å²) in [7, 11) is 0. The van der Waals surface area contributed by atoms with Crippen LogP contribution in [0.1, 0.15) is 77.6 Å². The molecule has 1 atom stereocenters. The minimum atomic E-state index is 0.759. The minimum absolute atomic E-state index is 0.759. The zero-order chi connectivity index (χ0) is 14.0. The number of hydrogen-bond acceptors (Lipinski definition) is 2. The first-order chi connectivity index (χ1) is 9.90. The Morgan fingerprint density at radius 2 is 1.50 bits per heavy atom. The van der Waals surface area contributed by atoms with Crippen LogP contribution in [0.2, 0.25) is 0 Å². The molecule has 1 aliphatic heterocycles. The van der Waals surface area contributed by atoms with E-state index in [0.717, 1.165) is 12.0 Å². The molecule has 2 heteroatoms. The number of rotatable bonds is 6. The highest BCUT2D eigenvalue weighted by Crippen LogP contribution is 2.27. The molecule has 2 rings (SSSR count). The largest absolute Gasteiger partial charge is 0.312 e. The van der Waals surface area contributed by atoms with Gasteiger partial charge in [0.2, 0.25) is 0 Å². The zero-order valence-electron chi connectivity index (χ0n) is 13.7. The molecule has 2 nitrogen and oxygen atoms in total. The van der Waals surface area contributed by atoms with E-state index in [1.807, 2.05) is 0 Å². The Labute approximate surface area is 126 Å². The van der Waals surface area contributed by atoms with Crippen LogP contribution in [0.3, 0.4) is 0 Å². The van der Waals surface area contributed by atoms with Crippen molar-refractivity contribution >= 4 is 0 Å². The molecule has 1 unspecified atom stereocenters. The van der Waals surface area contributed by atoms with Gasteiger partial charge in [0.05, 0.1) is 0 Å². The fraction of sp³-hybridized carbons (Fsp3) is 1.00. The van der Waals surface area contributed by atoms with Crippen molar-refractivity contribution in [2.75, 3.05) is 26.2 Å². The molecule has 0 bridgehead atoms. The van der Waals surface area contributed by atoms with Crippen molar-refractivity contribution < 1.29 is 0 Å². The van der Waals surface area contributed by atoms with E-state index >= 15 is 0 Å². The van der Waals surface area contributed by atoms with Gasteiger partial charge in [-0.15, -0.1) is 0 Å². The van der Waals surface area contributed by atoms with Gasteiger partial charge < -0.3 is 10.2 Å². The minimum Gasteiger partial charge on any atom is -0.312 e. The molecule has 1 heterocycles. The Hall–Kier alpha value is -0.0800. The Bertz CT molecular complexity index is 228. The van der Waals surface area contributed by atoms with Crippen LogP contribution < -0.4 is 5.32 Å². The maximum Gasteiger partial charge on any atom is 0.0223 e. The molecule has 0 aromatic rings. The van der Waals surface area contributed by atoms with Crippen molar-refractivity contribution in [2.45, 2.75) is 83.6 Å². The molecule has 0 aromatic carbocycles. The lowest BCUT2D eigenvalue weighted by Gasteiger charge is -2.36. The summed E-state index contributed by atoms with van der Waals surface area (Å²) in [5.41, 5.74) is 0. The maximum absolute atomic E-state index is 3.88. The molecule has 1 saturated carbocycles. The van der Waals surface area contributed by atoms with Crippen LogP contribution in [0.25, 0.3) is 0 Å². The van der Waals surface area contributed by atoms with Gasteiger partial charge in [-0.05, 0) is 57.7 Å². The smallest absolute Gasteiger partial charge is 0.0223 e. The Morgan fingerprint density at radius 1 is 0.900 bits per heavy atom. The highest BCUT2D eigenvalue weighted by molar-refractivity contribution is 4.82. The molecule has 0 amide bonds. The molecular formula is C18H36N2. The van der Waals surface area contributed by atoms with E-state index < -0.39 is 0 Å². The molecule has 0 aromatic heterocycles. The molecular weight excluding hydrogens is 244 g/mol. The molecule has 1 aliphatic carbocycles. The Balaban J connectivity index is 1.83. The molecule has 2 aliphatic rings. The summed E-state index contributed by atoms with van der Waals surface area (Å²) in [5, 5.41) is 3.88. The summed E-state index contributed by atoms with van der Waals surface area (Å²) >= 11 is 0. The van der Waals surface area contributed by atoms with Gasteiger partial charge in [0.1, 0.15) is 0 Å². The van der Waals surface area contributed by atoms with E-state index in [2.05, 4.69) is 17.1 Å². The molecule has 0 radical (unpaired) electrons. The van der Waals surface area contributed by atoms with Crippen LogP contribution in [0.5, 0.6) is 0 Å². The average Bonchev–Trinajstić information content (AvgIpc) is 2.46. The van der Waals surface area contributed by atoms with Gasteiger partial charge in [0.15, 0.2) is 0 Å². The Morgan fingerprint density at radius 3 is 2.15 bits per heavy atom. The second kappa shape index (κ2) is 9.78. The topological polar surface area (TPSA) is 15.3 Å². The standard InChI is InChI=1S/C18H36N2/c1-2-13-19-18(17-11-7-6-8-12-17)16-20-14-9-4-3-5-10-15-20/h17-19H,2-16H2,1H3. The first-order valence-corrected chi connectivity index (χ1v) is 9.36. The van der Waals surface area contributed by atoms with Crippen molar-refractivity contribution in [3.8, 4) is 0 Å². The summed E-state index contributed by atoms with van der Waals surface area (Å²) in [6.07, 6.45) is 15.8. The van der Waals surface area contributed by atoms with Crippen LogP contribution >= 0.6 is 0 Å². The summed E-state index contributed by atoms with van der Waals surface area (Å²) < 4.78 is 0. The van der Waals surface area contributed by atoms with Crippen molar-refractivity contribution in [2.24, 2.45) is 5.92 Å². The van der Waals surface area contributed by atoms with Gasteiger partial charge in [-0.3, -0.25) is 0 Å². The molecule has 20 heavy (non-hydrogen) atoms. The number of nitrogens with zero attached hydrogens (tertiary/aromatic N) is 1. The van der Waals surface area contributed by atoms with Crippen LogP contribution in [-0.2, 0) is 0 Å². The van der Waals surface area contributed by atoms with E-state index in [0.29, 0.717) is 0 Å². The van der Waals surface area contributed by atoms with Gasteiger partial charge in [0.25, 0.3) is 0 Å². The molecule has 118 valence electrons. The molecule has 1 saturated heterocycles. The summed E-state index contributed by atoms with van der Waals surface area (Å²) in [6.45, 7) is 7.49. The van der Waals surface area contributed by atoms with Crippen LogP contribution in [0, 0.1) is 5.92 Å². The second-order valence-corrected chi connectivity index (χ2v) is 7.03. The fourth-order valence-corrected chi connectivity index (χ4v) is 4.02. The molecule has 2 fully saturated rings. The quantitative estimate of drug-likeness (QED) is 0.784. The normalized spacial score (nSPS) is 25.1. The predicted octanol–water partition coefficient (Wildman–Crippen LogP) is 4.20. The average molecular weight is 280 g/mol. The van der Waals surface area contributed by atoms with Gasteiger partial charge in [-0.25, -0.2) is 0 Å². The zero-order valence-corrected chi connectivity index (χ0v) is 13.7. The first-order valence-electron chi connectivity index (χ1n) is 9.36. The summed E-state index contributed by atoms with van der Waals surface area (Å²) in [6, 6.07) is 0.759. The maximum atomic E-state index is 3.88. The number of likely N-dealkylation sites (tertiary alicyclic amines) is 1. The summed E-state index contributed by atoms with van der Waals surface area (Å²) in [5.74, 6) is 0.945. The highest BCUT2D eigenvalue weighted by Gasteiger charge is 2.25. The van der Waals surface area contributed by atoms with Crippen molar-refractivity contribution in [3.63, 3.8) is 0 Å². The van der Waals surface area contributed by atoms with E-state index in [1.54, 1.807) is 0 Å². The number of hydrogen-bond donors (Lipinski definition) is 1. The lowest BCUT2D eigenvalue weighted by atomic mass is 9.83.